The molecule has 0 aromatic heterocycles. The van der Waals surface area contributed by atoms with E-state index in [9.17, 15) is 9.59 Å². The zero-order valence-electron chi connectivity index (χ0n) is 18.2. The molecule has 0 aliphatic carbocycles. The van der Waals surface area contributed by atoms with Crippen molar-refractivity contribution in [3.63, 3.8) is 0 Å². The van der Waals surface area contributed by atoms with Gasteiger partial charge in [-0.25, -0.2) is 0 Å². The van der Waals surface area contributed by atoms with Gasteiger partial charge in [-0.2, -0.15) is 0 Å². The van der Waals surface area contributed by atoms with Crippen LogP contribution in [0.5, 0.6) is 5.75 Å². The standard InChI is InChI=1S/C24H31N3O3/c1-4-20-8-10-21(11-9-20)30-17-23(29)27-14-12-26(13-15-27)16-22(28)25-24-18(2)6-5-7-19(24)3/h5-11H,4,12-17H2,1-3H3,(H,25,28)/p+1. The molecule has 0 bridgehead atoms. The molecule has 2 aromatic carbocycles. The molecule has 2 N–H and O–H groups in total. The van der Waals surface area contributed by atoms with Gasteiger partial charge in [0, 0.05) is 5.69 Å². The first-order valence-electron chi connectivity index (χ1n) is 10.7. The van der Waals surface area contributed by atoms with Crippen LogP contribution in [0.15, 0.2) is 42.5 Å². The molecule has 0 atom stereocenters. The van der Waals surface area contributed by atoms with Gasteiger partial charge in [-0.1, -0.05) is 37.3 Å². The molecule has 1 fully saturated rings. The highest BCUT2D eigenvalue weighted by atomic mass is 16.5. The number of hydrogen-bond acceptors (Lipinski definition) is 3. The molecule has 1 heterocycles. The van der Waals surface area contributed by atoms with Crippen LogP contribution in [0.4, 0.5) is 5.69 Å². The van der Waals surface area contributed by atoms with Gasteiger partial charge >= 0.3 is 0 Å². The van der Waals surface area contributed by atoms with Crippen molar-refractivity contribution in [3.8, 4) is 5.75 Å². The van der Waals surface area contributed by atoms with E-state index in [4.69, 9.17) is 4.74 Å². The Morgan fingerprint density at radius 3 is 2.27 bits per heavy atom. The van der Waals surface area contributed by atoms with Gasteiger partial charge in [-0.3, -0.25) is 9.59 Å². The molecule has 160 valence electrons. The number of benzene rings is 2. The van der Waals surface area contributed by atoms with Gasteiger partial charge in [0.1, 0.15) is 5.75 Å². The Hall–Kier alpha value is -2.86. The first kappa shape index (κ1) is 21.8. The van der Waals surface area contributed by atoms with Crippen LogP contribution >= 0.6 is 0 Å². The number of anilines is 1. The monoisotopic (exact) mass is 410 g/mol. The lowest BCUT2D eigenvalue weighted by Crippen LogP contribution is -3.15. The van der Waals surface area contributed by atoms with Crippen LogP contribution in [0.25, 0.3) is 0 Å². The number of carbonyl (C=O) groups excluding carboxylic acids is 2. The highest BCUT2D eigenvalue weighted by Gasteiger charge is 2.25. The van der Waals surface area contributed by atoms with Gasteiger partial charge in [0.2, 0.25) is 0 Å². The SMILES string of the molecule is CCc1ccc(OCC(=O)N2CC[NH+](CC(=O)Nc3c(C)cccc3C)CC2)cc1. The van der Waals surface area contributed by atoms with Gasteiger partial charge in [0.15, 0.2) is 13.2 Å². The van der Waals surface area contributed by atoms with E-state index in [0.29, 0.717) is 25.4 Å². The molecule has 0 unspecified atom stereocenters. The van der Waals surface area contributed by atoms with Crippen molar-refractivity contribution in [2.45, 2.75) is 27.2 Å². The summed E-state index contributed by atoms with van der Waals surface area (Å²) in [7, 11) is 0. The predicted molar refractivity (Wildman–Crippen MR) is 118 cm³/mol. The van der Waals surface area contributed by atoms with Crippen LogP contribution in [0, 0.1) is 13.8 Å². The fourth-order valence-corrected chi connectivity index (χ4v) is 3.73. The lowest BCUT2D eigenvalue weighted by atomic mass is 10.1. The molecule has 6 heteroatoms. The lowest BCUT2D eigenvalue weighted by Gasteiger charge is -2.31. The van der Waals surface area contributed by atoms with E-state index >= 15 is 0 Å². The van der Waals surface area contributed by atoms with Crippen molar-refractivity contribution in [2.75, 3.05) is 44.6 Å². The number of ether oxygens (including phenoxy) is 1. The zero-order valence-corrected chi connectivity index (χ0v) is 18.2. The summed E-state index contributed by atoms with van der Waals surface area (Å²) in [6.45, 7) is 9.37. The molecule has 1 saturated heterocycles. The van der Waals surface area contributed by atoms with E-state index < -0.39 is 0 Å². The highest BCUT2D eigenvalue weighted by Crippen LogP contribution is 2.19. The van der Waals surface area contributed by atoms with Gasteiger partial charge in [-0.15, -0.1) is 0 Å². The van der Waals surface area contributed by atoms with Crippen LogP contribution in [-0.4, -0.2) is 56.0 Å². The van der Waals surface area contributed by atoms with E-state index in [2.05, 4.69) is 12.2 Å². The summed E-state index contributed by atoms with van der Waals surface area (Å²) >= 11 is 0. The van der Waals surface area contributed by atoms with Crippen molar-refractivity contribution in [1.82, 2.24) is 4.90 Å². The van der Waals surface area contributed by atoms with Gasteiger partial charge < -0.3 is 19.9 Å². The van der Waals surface area contributed by atoms with E-state index in [-0.39, 0.29) is 18.4 Å². The number of nitrogens with one attached hydrogen (secondary N) is 2. The van der Waals surface area contributed by atoms with E-state index in [1.807, 2.05) is 61.2 Å². The average molecular weight is 411 g/mol. The van der Waals surface area contributed by atoms with Crippen molar-refractivity contribution < 1.29 is 19.2 Å². The number of rotatable bonds is 7. The Morgan fingerprint density at radius 1 is 1.03 bits per heavy atom. The number of quaternary nitrogens is 1. The Kier molecular flexibility index (Phi) is 7.46. The number of carbonyl (C=O) groups is 2. The van der Waals surface area contributed by atoms with E-state index in [1.165, 1.54) is 10.5 Å². The normalized spacial score (nSPS) is 14.4. The minimum atomic E-state index is -0.00592. The van der Waals surface area contributed by atoms with E-state index in [1.54, 1.807) is 0 Å². The Labute approximate surface area is 178 Å². The minimum Gasteiger partial charge on any atom is -0.484 e. The predicted octanol–water partition coefficient (Wildman–Crippen LogP) is 1.61. The maximum Gasteiger partial charge on any atom is 0.279 e. The van der Waals surface area contributed by atoms with Crippen molar-refractivity contribution in [3.05, 3.63) is 59.2 Å². The second-order valence-corrected chi connectivity index (χ2v) is 7.91. The summed E-state index contributed by atoms with van der Waals surface area (Å²) in [5, 5.41) is 3.05. The largest absolute Gasteiger partial charge is 0.484 e. The number of piperazine rings is 1. The van der Waals surface area contributed by atoms with Crippen molar-refractivity contribution in [1.29, 1.82) is 0 Å². The Balaban J connectivity index is 1.41. The second kappa shape index (κ2) is 10.3. The number of nitrogens with zero attached hydrogens (tertiary/aromatic N) is 1. The topological polar surface area (TPSA) is 63.1 Å². The van der Waals surface area contributed by atoms with Crippen LogP contribution in [0.3, 0.4) is 0 Å². The number of amides is 2. The molecular formula is C24H32N3O3+. The Bertz CT molecular complexity index is 852. The maximum absolute atomic E-state index is 12.5. The van der Waals surface area contributed by atoms with Crippen LogP contribution < -0.4 is 15.0 Å². The van der Waals surface area contributed by atoms with Crippen molar-refractivity contribution in [2.24, 2.45) is 0 Å². The van der Waals surface area contributed by atoms with Crippen molar-refractivity contribution >= 4 is 17.5 Å². The molecular weight excluding hydrogens is 378 g/mol. The molecule has 1 aliphatic rings. The molecule has 30 heavy (non-hydrogen) atoms. The summed E-state index contributed by atoms with van der Waals surface area (Å²) in [6, 6.07) is 13.8. The third-order valence-electron chi connectivity index (χ3n) is 5.67. The van der Waals surface area contributed by atoms with Crippen LogP contribution in [-0.2, 0) is 16.0 Å². The second-order valence-electron chi connectivity index (χ2n) is 7.91. The number of hydrogen-bond donors (Lipinski definition) is 2. The van der Waals surface area contributed by atoms with Crippen LogP contribution in [0.2, 0.25) is 0 Å². The summed E-state index contributed by atoms with van der Waals surface area (Å²) < 4.78 is 5.64. The maximum atomic E-state index is 12.5. The molecule has 2 amide bonds. The molecule has 2 aromatic rings. The number of aryl methyl sites for hydroxylation is 3. The molecule has 0 spiro atoms. The zero-order chi connectivity index (χ0) is 21.5. The fourth-order valence-electron chi connectivity index (χ4n) is 3.73. The molecule has 0 saturated carbocycles. The molecule has 1 aliphatic heterocycles. The molecule has 6 nitrogen and oxygen atoms in total. The third-order valence-corrected chi connectivity index (χ3v) is 5.67. The highest BCUT2D eigenvalue weighted by molar-refractivity contribution is 5.93. The van der Waals surface area contributed by atoms with E-state index in [0.717, 1.165) is 36.3 Å². The molecule has 3 rings (SSSR count). The van der Waals surface area contributed by atoms with Crippen LogP contribution in [0.1, 0.15) is 23.6 Å². The molecule has 0 radical (unpaired) electrons. The summed E-state index contributed by atoms with van der Waals surface area (Å²) in [5.74, 6) is 0.725. The van der Waals surface area contributed by atoms with Gasteiger partial charge in [0.25, 0.3) is 11.8 Å². The minimum absolute atomic E-state index is 0.00592. The third kappa shape index (κ3) is 5.83. The Morgan fingerprint density at radius 2 is 1.67 bits per heavy atom. The smallest absolute Gasteiger partial charge is 0.279 e. The summed E-state index contributed by atoms with van der Waals surface area (Å²) in [5.41, 5.74) is 4.28. The fraction of sp³-hybridized carbons (Fsp3) is 0.417. The van der Waals surface area contributed by atoms with Gasteiger partial charge in [0.05, 0.1) is 26.2 Å². The van der Waals surface area contributed by atoms with Gasteiger partial charge in [-0.05, 0) is 49.1 Å². The summed E-state index contributed by atoms with van der Waals surface area (Å²) in [6.07, 6.45) is 0.981. The number of para-hydroxylation sites is 1. The first-order chi connectivity index (χ1) is 14.5. The quantitative estimate of drug-likeness (QED) is 0.729. The summed E-state index contributed by atoms with van der Waals surface area (Å²) in [4.78, 5) is 27.9. The average Bonchev–Trinajstić information content (AvgIpc) is 2.75. The first-order valence-corrected chi connectivity index (χ1v) is 10.7. The lowest BCUT2D eigenvalue weighted by molar-refractivity contribution is -0.895.